The van der Waals surface area contributed by atoms with Crippen molar-refractivity contribution in [2.75, 3.05) is 0 Å². The third kappa shape index (κ3) is 2.62. The molecule has 0 N–H and O–H groups in total. The molecule has 0 unspecified atom stereocenters. The van der Waals surface area contributed by atoms with Crippen LogP contribution in [0, 0.1) is 0 Å². The Hall–Kier alpha value is -1.62. The average molecular weight is 449 g/mol. The second-order valence-electron chi connectivity index (χ2n) is 9.84. The van der Waals surface area contributed by atoms with Crippen molar-refractivity contribution in [3.8, 4) is 11.1 Å². The first-order valence-electron chi connectivity index (χ1n) is 10.3. The molecule has 2 aliphatic rings. The van der Waals surface area contributed by atoms with Crippen molar-refractivity contribution in [3.05, 3.63) is 64.1 Å². The van der Waals surface area contributed by atoms with Crippen LogP contribution in [0.15, 0.2) is 53.0 Å². The highest BCUT2D eigenvalue weighted by Gasteiger charge is 2.52. The summed E-state index contributed by atoms with van der Waals surface area (Å²) in [5.74, 6) is 0. The third-order valence-electron chi connectivity index (χ3n) is 7.18. The van der Waals surface area contributed by atoms with Gasteiger partial charge in [0.2, 0.25) is 0 Å². The minimum atomic E-state index is -0.374. The van der Waals surface area contributed by atoms with Crippen molar-refractivity contribution >= 4 is 39.3 Å². The number of hydrogen-bond donors (Lipinski definition) is 0. The minimum absolute atomic E-state index is 0.0864. The second kappa shape index (κ2) is 5.97. The van der Waals surface area contributed by atoms with E-state index in [1.165, 1.54) is 33.0 Å². The molecule has 1 aliphatic heterocycles. The van der Waals surface area contributed by atoms with Crippen LogP contribution >= 0.6 is 15.9 Å². The fraction of sp³-hybridized carbons (Fsp3) is 0.360. The van der Waals surface area contributed by atoms with Crippen LogP contribution in [0.1, 0.15) is 52.7 Å². The maximum Gasteiger partial charge on any atom is 0.495 e. The highest BCUT2D eigenvalue weighted by Crippen LogP contribution is 2.51. The molecule has 0 saturated carbocycles. The first kappa shape index (κ1) is 19.4. The summed E-state index contributed by atoms with van der Waals surface area (Å²) in [7, 11) is -0.374. The number of hydrogen-bond acceptors (Lipinski definition) is 2. The van der Waals surface area contributed by atoms with Gasteiger partial charge in [-0.05, 0) is 78.3 Å². The zero-order valence-corrected chi connectivity index (χ0v) is 19.5. The molecule has 0 amide bonds. The van der Waals surface area contributed by atoms with E-state index in [9.17, 15) is 0 Å². The summed E-state index contributed by atoms with van der Waals surface area (Å²) in [6, 6.07) is 17.6. The zero-order chi connectivity index (χ0) is 20.8. The van der Waals surface area contributed by atoms with Gasteiger partial charge in [0.25, 0.3) is 0 Å². The van der Waals surface area contributed by atoms with Crippen LogP contribution in [-0.4, -0.2) is 18.3 Å². The lowest BCUT2D eigenvalue weighted by Gasteiger charge is -2.32. The summed E-state index contributed by atoms with van der Waals surface area (Å²) in [6.45, 7) is 13.1. The fourth-order valence-electron chi connectivity index (χ4n) is 4.75. The van der Waals surface area contributed by atoms with E-state index in [4.69, 9.17) is 9.31 Å². The summed E-state index contributed by atoms with van der Waals surface area (Å²) in [5.41, 5.74) is 5.68. The van der Waals surface area contributed by atoms with Gasteiger partial charge in [-0.2, -0.15) is 0 Å². The van der Waals surface area contributed by atoms with Gasteiger partial charge in [-0.3, -0.25) is 0 Å². The molecule has 29 heavy (non-hydrogen) atoms. The first-order chi connectivity index (χ1) is 13.5. The predicted molar refractivity (Wildman–Crippen MR) is 125 cm³/mol. The Morgan fingerprint density at radius 3 is 2.03 bits per heavy atom. The highest BCUT2D eigenvalue weighted by atomic mass is 79.9. The van der Waals surface area contributed by atoms with Crippen molar-refractivity contribution < 1.29 is 9.31 Å². The van der Waals surface area contributed by atoms with E-state index in [1.54, 1.807) is 0 Å². The third-order valence-corrected chi connectivity index (χ3v) is 7.67. The maximum absolute atomic E-state index is 6.45. The average Bonchev–Trinajstić information content (AvgIpc) is 3.00. The summed E-state index contributed by atoms with van der Waals surface area (Å²) in [6.07, 6.45) is 0. The van der Waals surface area contributed by atoms with Crippen LogP contribution in [-0.2, 0) is 14.7 Å². The molecule has 1 heterocycles. The van der Waals surface area contributed by atoms with E-state index in [2.05, 4.69) is 106 Å². The second-order valence-corrected chi connectivity index (χ2v) is 10.8. The van der Waals surface area contributed by atoms with Crippen LogP contribution < -0.4 is 5.46 Å². The zero-order valence-electron chi connectivity index (χ0n) is 17.9. The van der Waals surface area contributed by atoms with Crippen molar-refractivity contribution in [2.24, 2.45) is 0 Å². The minimum Gasteiger partial charge on any atom is -0.399 e. The normalized spacial score (nSPS) is 20.7. The van der Waals surface area contributed by atoms with Gasteiger partial charge in [0.05, 0.1) is 11.2 Å². The number of fused-ring (bicyclic) bond motifs is 5. The Morgan fingerprint density at radius 1 is 0.759 bits per heavy atom. The molecule has 148 valence electrons. The lowest BCUT2D eigenvalue weighted by Crippen LogP contribution is -2.41. The number of rotatable bonds is 1. The summed E-state index contributed by atoms with van der Waals surface area (Å²) >= 11 is 3.66. The topological polar surface area (TPSA) is 18.5 Å². The maximum atomic E-state index is 6.45. The molecule has 1 aliphatic carbocycles. The van der Waals surface area contributed by atoms with Crippen molar-refractivity contribution in [1.29, 1.82) is 0 Å². The van der Waals surface area contributed by atoms with Crippen molar-refractivity contribution in [3.63, 3.8) is 0 Å². The van der Waals surface area contributed by atoms with Crippen LogP contribution in [0.2, 0.25) is 0 Å². The lowest BCUT2D eigenvalue weighted by atomic mass is 9.72. The Bertz CT molecular complexity index is 1150. The largest absolute Gasteiger partial charge is 0.495 e. The van der Waals surface area contributed by atoms with Gasteiger partial charge >= 0.3 is 7.12 Å². The van der Waals surface area contributed by atoms with Gasteiger partial charge in [-0.25, -0.2) is 0 Å². The summed E-state index contributed by atoms with van der Waals surface area (Å²) in [5, 5.41) is 2.47. The molecule has 3 aromatic carbocycles. The quantitative estimate of drug-likeness (QED) is 0.412. The van der Waals surface area contributed by atoms with Gasteiger partial charge in [-0.15, -0.1) is 0 Å². The van der Waals surface area contributed by atoms with Gasteiger partial charge < -0.3 is 9.31 Å². The van der Waals surface area contributed by atoms with Gasteiger partial charge in [-0.1, -0.05) is 66.2 Å². The van der Waals surface area contributed by atoms with Crippen molar-refractivity contribution in [1.82, 2.24) is 0 Å². The molecule has 2 nitrogen and oxygen atoms in total. The predicted octanol–water partition coefficient (Wildman–Crippen LogP) is 6.21. The van der Waals surface area contributed by atoms with E-state index in [-0.39, 0.29) is 23.7 Å². The monoisotopic (exact) mass is 448 g/mol. The van der Waals surface area contributed by atoms with Crippen LogP contribution in [0.3, 0.4) is 0 Å². The Balaban J connectivity index is 1.80. The SMILES string of the molecule is CC1(C)c2cc(Br)ccc2-c2c1cc(B1OC(C)(C)C(C)(C)O1)c1ccccc21. The molecule has 0 aromatic heterocycles. The lowest BCUT2D eigenvalue weighted by molar-refractivity contribution is 0.00578. The number of benzene rings is 3. The molecule has 5 rings (SSSR count). The molecular formula is C25H26BBrO2. The van der Waals surface area contributed by atoms with E-state index >= 15 is 0 Å². The van der Waals surface area contributed by atoms with Gasteiger partial charge in [0.1, 0.15) is 0 Å². The molecule has 0 spiro atoms. The van der Waals surface area contributed by atoms with Crippen LogP contribution in [0.5, 0.6) is 0 Å². The molecule has 0 radical (unpaired) electrons. The van der Waals surface area contributed by atoms with Crippen LogP contribution in [0.4, 0.5) is 0 Å². The van der Waals surface area contributed by atoms with Gasteiger partial charge in [0, 0.05) is 9.89 Å². The van der Waals surface area contributed by atoms with E-state index < -0.39 is 0 Å². The highest BCUT2D eigenvalue weighted by molar-refractivity contribution is 9.10. The van der Waals surface area contributed by atoms with E-state index in [0.29, 0.717) is 0 Å². The van der Waals surface area contributed by atoms with E-state index in [0.717, 1.165) is 9.94 Å². The molecule has 1 saturated heterocycles. The Labute approximate surface area is 181 Å². The summed E-state index contributed by atoms with van der Waals surface area (Å²) in [4.78, 5) is 0. The van der Waals surface area contributed by atoms with Crippen LogP contribution in [0.25, 0.3) is 21.9 Å². The standard InChI is InChI=1S/C25H26BBrO2/c1-23(2)19-13-15(27)11-12-18(19)22-17-10-8-7-9-16(17)21(14-20(22)23)26-28-24(3,4)25(5,6)29-26/h7-14H,1-6H3. The Morgan fingerprint density at radius 2 is 1.38 bits per heavy atom. The smallest absolute Gasteiger partial charge is 0.399 e. The molecule has 3 aromatic rings. The molecule has 4 heteroatoms. The van der Waals surface area contributed by atoms with Crippen molar-refractivity contribution in [2.45, 2.75) is 58.2 Å². The van der Waals surface area contributed by atoms with Gasteiger partial charge in [0.15, 0.2) is 0 Å². The fourth-order valence-corrected chi connectivity index (χ4v) is 5.11. The molecule has 1 fully saturated rings. The molecule has 0 bridgehead atoms. The molecular weight excluding hydrogens is 423 g/mol. The van der Waals surface area contributed by atoms with E-state index in [1.807, 2.05) is 0 Å². The first-order valence-corrected chi connectivity index (χ1v) is 11.0. The Kier molecular flexibility index (Phi) is 3.98. The number of halogens is 1. The molecule has 0 atom stereocenters. The summed E-state index contributed by atoms with van der Waals surface area (Å²) < 4.78 is 14.0.